The molecule has 2 N–H and O–H groups in total. The summed E-state index contributed by atoms with van der Waals surface area (Å²) in [6.45, 7) is 1.16. The molecule has 10 heteroatoms. The van der Waals surface area contributed by atoms with Gasteiger partial charge in [-0.15, -0.1) is 10.2 Å². The van der Waals surface area contributed by atoms with Crippen molar-refractivity contribution in [1.29, 1.82) is 0 Å². The SMILES string of the molecule is COCCOc1ccc(-c2nnc(CCC(=O)NCc3ccccn3)c(=O)[nH]2)cc1OC. The van der Waals surface area contributed by atoms with Gasteiger partial charge in [0.05, 0.1) is 26.0 Å². The zero-order valence-electron chi connectivity index (χ0n) is 18.0. The maximum absolute atomic E-state index is 12.4. The van der Waals surface area contributed by atoms with Gasteiger partial charge >= 0.3 is 0 Å². The maximum Gasteiger partial charge on any atom is 0.273 e. The van der Waals surface area contributed by atoms with Gasteiger partial charge in [0, 0.05) is 31.7 Å². The predicted molar refractivity (Wildman–Crippen MR) is 116 cm³/mol. The Bertz CT molecular complexity index is 1090. The van der Waals surface area contributed by atoms with Crippen LogP contribution in [0.4, 0.5) is 0 Å². The summed E-state index contributed by atoms with van der Waals surface area (Å²) in [5.41, 5.74) is 1.17. The standard InChI is InChI=1S/C22H25N5O5/c1-30-11-12-32-18-8-6-15(13-19(18)31-2)21-25-22(29)17(26-27-21)7-9-20(28)24-14-16-5-3-4-10-23-16/h3-6,8,10,13H,7,9,11-12,14H2,1-2H3,(H,24,28)(H,25,27,29). The number of carbonyl (C=O) groups excluding carboxylic acids is 1. The van der Waals surface area contributed by atoms with E-state index in [1.807, 2.05) is 12.1 Å². The van der Waals surface area contributed by atoms with Crippen LogP contribution in [-0.4, -0.2) is 53.5 Å². The second-order valence-electron chi connectivity index (χ2n) is 6.75. The fraction of sp³-hybridized carbons (Fsp3) is 0.318. The molecule has 10 nitrogen and oxygen atoms in total. The molecule has 0 atom stereocenters. The minimum Gasteiger partial charge on any atom is -0.493 e. The Hall–Kier alpha value is -3.79. The number of rotatable bonds is 11. The number of aromatic nitrogens is 4. The molecule has 0 saturated heterocycles. The first-order valence-corrected chi connectivity index (χ1v) is 10.0. The summed E-state index contributed by atoms with van der Waals surface area (Å²) in [5, 5.41) is 10.9. The highest BCUT2D eigenvalue weighted by Crippen LogP contribution is 2.31. The number of hydrogen-bond acceptors (Lipinski definition) is 8. The van der Waals surface area contributed by atoms with E-state index in [2.05, 4.69) is 25.5 Å². The Kier molecular flexibility index (Phi) is 8.27. The van der Waals surface area contributed by atoms with Gasteiger partial charge in [-0.2, -0.15) is 0 Å². The van der Waals surface area contributed by atoms with Crippen molar-refractivity contribution in [3.8, 4) is 22.9 Å². The highest BCUT2D eigenvalue weighted by Gasteiger charge is 2.12. The van der Waals surface area contributed by atoms with Gasteiger partial charge in [-0.25, -0.2) is 0 Å². The highest BCUT2D eigenvalue weighted by molar-refractivity contribution is 5.76. The second kappa shape index (κ2) is 11.6. The van der Waals surface area contributed by atoms with Crippen molar-refractivity contribution in [2.24, 2.45) is 0 Å². The van der Waals surface area contributed by atoms with Crippen LogP contribution in [0, 0.1) is 0 Å². The average Bonchev–Trinajstić information content (AvgIpc) is 2.83. The van der Waals surface area contributed by atoms with Crippen LogP contribution in [0.1, 0.15) is 17.8 Å². The van der Waals surface area contributed by atoms with Crippen molar-refractivity contribution >= 4 is 5.91 Å². The van der Waals surface area contributed by atoms with Gasteiger partial charge in [0.2, 0.25) is 5.91 Å². The number of amides is 1. The third kappa shape index (κ3) is 6.35. The van der Waals surface area contributed by atoms with E-state index in [9.17, 15) is 9.59 Å². The van der Waals surface area contributed by atoms with Crippen LogP contribution < -0.4 is 20.3 Å². The quantitative estimate of drug-likeness (QED) is 0.430. The van der Waals surface area contributed by atoms with E-state index in [0.29, 0.717) is 42.6 Å². The number of ether oxygens (including phenoxy) is 3. The number of aryl methyl sites for hydroxylation is 1. The summed E-state index contributed by atoms with van der Waals surface area (Å²) >= 11 is 0. The first kappa shape index (κ1) is 22.9. The molecule has 2 aromatic heterocycles. The summed E-state index contributed by atoms with van der Waals surface area (Å²) in [6, 6.07) is 10.7. The lowest BCUT2D eigenvalue weighted by atomic mass is 10.2. The first-order valence-electron chi connectivity index (χ1n) is 10.0. The Balaban J connectivity index is 1.61. The molecule has 168 valence electrons. The Morgan fingerprint density at radius 2 is 1.97 bits per heavy atom. The van der Waals surface area contributed by atoms with E-state index in [-0.39, 0.29) is 24.4 Å². The molecular weight excluding hydrogens is 414 g/mol. The molecule has 0 spiro atoms. The Morgan fingerprint density at radius 1 is 1.09 bits per heavy atom. The zero-order valence-corrected chi connectivity index (χ0v) is 18.0. The monoisotopic (exact) mass is 439 g/mol. The van der Waals surface area contributed by atoms with E-state index in [1.165, 1.54) is 7.11 Å². The van der Waals surface area contributed by atoms with Crippen molar-refractivity contribution in [2.75, 3.05) is 27.4 Å². The number of methoxy groups -OCH3 is 2. The molecule has 0 radical (unpaired) electrons. The summed E-state index contributed by atoms with van der Waals surface area (Å²) in [4.78, 5) is 31.3. The first-order chi connectivity index (χ1) is 15.6. The van der Waals surface area contributed by atoms with E-state index in [1.54, 1.807) is 37.6 Å². The van der Waals surface area contributed by atoms with Gasteiger partial charge in [-0.05, 0) is 30.3 Å². The van der Waals surface area contributed by atoms with E-state index < -0.39 is 5.56 Å². The van der Waals surface area contributed by atoms with Gasteiger partial charge in [0.1, 0.15) is 12.3 Å². The topological polar surface area (TPSA) is 128 Å². The number of hydrogen-bond donors (Lipinski definition) is 2. The summed E-state index contributed by atoms with van der Waals surface area (Å²) < 4.78 is 15.9. The Labute approximate surface area is 185 Å². The van der Waals surface area contributed by atoms with Crippen molar-refractivity contribution < 1.29 is 19.0 Å². The molecule has 0 aliphatic rings. The molecule has 1 aromatic carbocycles. The third-order valence-corrected chi connectivity index (χ3v) is 4.53. The van der Waals surface area contributed by atoms with Crippen molar-refractivity contribution in [2.45, 2.75) is 19.4 Å². The lowest BCUT2D eigenvalue weighted by molar-refractivity contribution is -0.121. The average molecular weight is 439 g/mol. The number of nitrogens with zero attached hydrogens (tertiary/aromatic N) is 3. The molecule has 0 bridgehead atoms. The normalized spacial score (nSPS) is 10.6. The van der Waals surface area contributed by atoms with Gasteiger partial charge in [0.15, 0.2) is 17.3 Å². The van der Waals surface area contributed by atoms with Crippen molar-refractivity contribution in [1.82, 2.24) is 25.5 Å². The van der Waals surface area contributed by atoms with Crippen LogP contribution in [-0.2, 0) is 22.5 Å². The van der Waals surface area contributed by atoms with Crippen LogP contribution in [0.2, 0.25) is 0 Å². The Morgan fingerprint density at radius 3 is 2.69 bits per heavy atom. The van der Waals surface area contributed by atoms with Gasteiger partial charge in [-0.1, -0.05) is 6.07 Å². The van der Waals surface area contributed by atoms with Gasteiger partial charge in [-0.3, -0.25) is 14.6 Å². The molecule has 1 amide bonds. The van der Waals surface area contributed by atoms with E-state index >= 15 is 0 Å². The molecule has 0 unspecified atom stereocenters. The summed E-state index contributed by atoms with van der Waals surface area (Å²) in [5.74, 6) is 1.14. The maximum atomic E-state index is 12.4. The number of H-pyrrole nitrogens is 1. The van der Waals surface area contributed by atoms with Gasteiger partial charge in [0.25, 0.3) is 5.56 Å². The number of pyridine rings is 1. The number of nitrogens with one attached hydrogen (secondary N) is 2. The number of carbonyl (C=O) groups is 1. The van der Waals surface area contributed by atoms with Crippen molar-refractivity contribution in [3.63, 3.8) is 0 Å². The molecule has 0 aliphatic heterocycles. The lowest BCUT2D eigenvalue weighted by Gasteiger charge is -2.11. The zero-order chi connectivity index (χ0) is 22.8. The van der Waals surface area contributed by atoms with Crippen LogP contribution in [0.3, 0.4) is 0 Å². The molecule has 0 saturated carbocycles. The summed E-state index contributed by atoms with van der Waals surface area (Å²) in [6.07, 6.45) is 1.95. The molecule has 32 heavy (non-hydrogen) atoms. The minimum atomic E-state index is -0.396. The van der Waals surface area contributed by atoms with E-state index in [0.717, 1.165) is 5.69 Å². The fourth-order valence-corrected chi connectivity index (χ4v) is 2.84. The smallest absolute Gasteiger partial charge is 0.273 e. The van der Waals surface area contributed by atoms with Gasteiger partial charge < -0.3 is 24.5 Å². The molecule has 3 rings (SSSR count). The minimum absolute atomic E-state index is 0.116. The molecule has 0 fully saturated rings. The number of benzene rings is 1. The lowest BCUT2D eigenvalue weighted by Crippen LogP contribution is -2.25. The predicted octanol–water partition coefficient (Wildman–Crippen LogP) is 1.51. The van der Waals surface area contributed by atoms with Crippen molar-refractivity contribution in [3.05, 3.63) is 64.3 Å². The fourth-order valence-electron chi connectivity index (χ4n) is 2.84. The number of aromatic amines is 1. The molecular formula is C22H25N5O5. The van der Waals surface area contributed by atoms with Crippen LogP contribution in [0.5, 0.6) is 11.5 Å². The molecule has 2 heterocycles. The third-order valence-electron chi connectivity index (χ3n) is 4.53. The second-order valence-corrected chi connectivity index (χ2v) is 6.75. The van der Waals surface area contributed by atoms with Crippen LogP contribution >= 0.6 is 0 Å². The summed E-state index contributed by atoms with van der Waals surface area (Å²) in [7, 11) is 3.12. The molecule has 3 aromatic rings. The largest absolute Gasteiger partial charge is 0.493 e. The highest BCUT2D eigenvalue weighted by atomic mass is 16.5. The van der Waals surface area contributed by atoms with Crippen LogP contribution in [0.15, 0.2) is 47.4 Å². The van der Waals surface area contributed by atoms with E-state index in [4.69, 9.17) is 14.2 Å². The molecule has 0 aliphatic carbocycles. The van der Waals surface area contributed by atoms with Crippen LogP contribution in [0.25, 0.3) is 11.4 Å².